The normalized spacial score (nSPS) is 14.3. The number of nitrogens with one attached hydrogen (secondary N) is 2. The lowest BCUT2D eigenvalue weighted by atomic mass is 10.1. The maximum absolute atomic E-state index is 12.3. The Morgan fingerprint density at radius 1 is 1.04 bits per heavy atom. The van der Waals surface area contributed by atoms with Crippen LogP contribution in [0.3, 0.4) is 0 Å². The van der Waals surface area contributed by atoms with Crippen LogP contribution in [0.5, 0.6) is 0 Å². The number of carbonyl (C=O) groups excluding carboxylic acids is 1. The number of likely N-dealkylation sites (tertiary alicyclic amines) is 1. The van der Waals surface area contributed by atoms with Gasteiger partial charge in [-0.25, -0.2) is 0 Å². The summed E-state index contributed by atoms with van der Waals surface area (Å²) < 4.78 is 0. The average molecular weight is 320 g/mol. The van der Waals surface area contributed by atoms with Crippen LogP contribution in [0.2, 0.25) is 0 Å². The highest BCUT2D eigenvalue weighted by atomic mass is 16.1. The number of quaternary nitrogens is 1. The molecule has 1 saturated heterocycles. The van der Waals surface area contributed by atoms with Gasteiger partial charge in [0.2, 0.25) is 0 Å². The van der Waals surface area contributed by atoms with Crippen LogP contribution in [-0.2, 0) is 13.1 Å². The molecule has 1 heterocycles. The molecule has 1 aliphatic rings. The Kier molecular flexibility index (Phi) is 5.25. The monoisotopic (exact) mass is 320 g/mol. The van der Waals surface area contributed by atoms with Gasteiger partial charge in [-0.1, -0.05) is 24.3 Å². The van der Waals surface area contributed by atoms with E-state index < -0.39 is 0 Å². The van der Waals surface area contributed by atoms with Crippen molar-refractivity contribution in [2.75, 3.05) is 13.1 Å². The van der Waals surface area contributed by atoms with Crippen LogP contribution in [0.25, 0.3) is 0 Å². The van der Waals surface area contributed by atoms with Crippen LogP contribution in [-0.4, -0.2) is 19.0 Å². The van der Waals surface area contributed by atoms with E-state index >= 15 is 0 Å². The summed E-state index contributed by atoms with van der Waals surface area (Å²) in [7, 11) is 0. The van der Waals surface area contributed by atoms with Crippen LogP contribution in [0.4, 0.5) is 0 Å². The third kappa shape index (κ3) is 4.01. The predicted molar refractivity (Wildman–Crippen MR) is 92.4 cm³/mol. The van der Waals surface area contributed by atoms with Gasteiger partial charge >= 0.3 is 0 Å². The van der Waals surface area contributed by atoms with Gasteiger partial charge in [0.25, 0.3) is 5.91 Å². The highest BCUT2D eigenvalue weighted by Gasteiger charge is 2.17. The van der Waals surface area contributed by atoms with E-state index in [9.17, 15) is 4.79 Å². The van der Waals surface area contributed by atoms with E-state index in [0.717, 1.165) is 6.54 Å². The van der Waals surface area contributed by atoms with Gasteiger partial charge in [0, 0.05) is 30.5 Å². The zero-order chi connectivity index (χ0) is 16.8. The SMILES string of the molecule is N#Cc1ccc(C(=O)NCc2ccccc2C[NH+]2CCCC2)cc1. The zero-order valence-corrected chi connectivity index (χ0v) is 13.7. The van der Waals surface area contributed by atoms with Crippen LogP contribution >= 0.6 is 0 Å². The van der Waals surface area contributed by atoms with Gasteiger partial charge in [-0.3, -0.25) is 4.79 Å². The van der Waals surface area contributed by atoms with Crippen molar-refractivity contribution in [3.8, 4) is 6.07 Å². The summed E-state index contributed by atoms with van der Waals surface area (Å²) in [6.07, 6.45) is 2.62. The Morgan fingerprint density at radius 3 is 2.38 bits per heavy atom. The molecule has 3 rings (SSSR count). The van der Waals surface area contributed by atoms with Crippen LogP contribution in [0, 0.1) is 11.3 Å². The first-order chi connectivity index (χ1) is 11.8. The van der Waals surface area contributed by atoms with Crippen molar-refractivity contribution in [1.82, 2.24) is 5.32 Å². The number of nitriles is 1. The largest absolute Gasteiger partial charge is 0.348 e. The minimum atomic E-state index is -0.109. The molecular weight excluding hydrogens is 298 g/mol. The molecule has 2 N–H and O–H groups in total. The van der Waals surface area contributed by atoms with E-state index in [1.807, 2.05) is 6.07 Å². The van der Waals surface area contributed by atoms with Crippen molar-refractivity contribution in [2.45, 2.75) is 25.9 Å². The molecule has 0 atom stereocenters. The fourth-order valence-electron chi connectivity index (χ4n) is 3.20. The van der Waals surface area contributed by atoms with Gasteiger partial charge in [-0.05, 0) is 29.8 Å². The lowest BCUT2D eigenvalue weighted by Gasteiger charge is -2.15. The Labute approximate surface area is 142 Å². The van der Waals surface area contributed by atoms with E-state index in [4.69, 9.17) is 5.26 Å². The van der Waals surface area contributed by atoms with E-state index in [1.165, 1.54) is 37.1 Å². The number of nitrogens with zero attached hydrogens (tertiary/aromatic N) is 1. The molecule has 0 aliphatic carbocycles. The second kappa shape index (κ2) is 7.76. The smallest absolute Gasteiger partial charge is 0.251 e. The van der Waals surface area contributed by atoms with Gasteiger partial charge in [0.1, 0.15) is 6.54 Å². The number of benzene rings is 2. The van der Waals surface area contributed by atoms with Crippen LogP contribution in [0.15, 0.2) is 48.5 Å². The number of carbonyl (C=O) groups is 1. The fraction of sp³-hybridized carbons (Fsp3) is 0.300. The van der Waals surface area contributed by atoms with Crippen molar-refractivity contribution >= 4 is 5.91 Å². The van der Waals surface area contributed by atoms with Crippen molar-refractivity contribution in [2.24, 2.45) is 0 Å². The molecule has 0 unspecified atom stereocenters. The predicted octanol–water partition coefficient (Wildman–Crippen LogP) is 1.67. The van der Waals surface area contributed by atoms with Gasteiger partial charge in [-0.15, -0.1) is 0 Å². The molecule has 122 valence electrons. The summed E-state index contributed by atoms with van der Waals surface area (Å²) >= 11 is 0. The maximum atomic E-state index is 12.3. The zero-order valence-electron chi connectivity index (χ0n) is 13.7. The summed E-state index contributed by atoms with van der Waals surface area (Å²) in [4.78, 5) is 13.9. The van der Waals surface area contributed by atoms with Crippen molar-refractivity contribution in [1.29, 1.82) is 5.26 Å². The summed E-state index contributed by atoms with van der Waals surface area (Å²) in [5.41, 5.74) is 3.63. The number of amides is 1. The van der Waals surface area contributed by atoms with Crippen molar-refractivity contribution < 1.29 is 9.69 Å². The lowest BCUT2D eigenvalue weighted by Crippen LogP contribution is -3.08. The van der Waals surface area contributed by atoms with Gasteiger partial charge in [-0.2, -0.15) is 5.26 Å². The summed E-state index contributed by atoms with van der Waals surface area (Å²) in [6, 6.07) is 17.1. The molecule has 1 aliphatic heterocycles. The third-order valence-corrected chi connectivity index (χ3v) is 4.59. The second-order valence-corrected chi connectivity index (χ2v) is 6.27. The highest BCUT2D eigenvalue weighted by molar-refractivity contribution is 5.94. The number of hydrogen-bond donors (Lipinski definition) is 2. The molecule has 24 heavy (non-hydrogen) atoms. The van der Waals surface area contributed by atoms with Gasteiger partial charge in [0.15, 0.2) is 0 Å². The van der Waals surface area contributed by atoms with Crippen LogP contribution < -0.4 is 10.2 Å². The van der Waals surface area contributed by atoms with E-state index in [1.54, 1.807) is 29.2 Å². The van der Waals surface area contributed by atoms with E-state index in [-0.39, 0.29) is 5.91 Å². The molecule has 0 bridgehead atoms. The third-order valence-electron chi connectivity index (χ3n) is 4.59. The van der Waals surface area contributed by atoms with Crippen molar-refractivity contribution in [3.05, 3.63) is 70.8 Å². The fourth-order valence-corrected chi connectivity index (χ4v) is 3.20. The summed E-state index contributed by atoms with van der Waals surface area (Å²) in [5, 5.41) is 11.8. The summed E-state index contributed by atoms with van der Waals surface area (Å²) in [5.74, 6) is -0.109. The molecule has 0 spiro atoms. The number of hydrogen-bond acceptors (Lipinski definition) is 2. The molecule has 4 heteroatoms. The molecule has 2 aromatic rings. The molecule has 1 fully saturated rings. The average Bonchev–Trinajstić information content (AvgIpc) is 3.14. The number of rotatable bonds is 5. The molecule has 0 saturated carbocycles. The Hall–Kier alpha value is -2.64. The molecule has 0 radical (unpaired) electrons. The van der Waals surface area contributed by atoms with Crippen molar-refractivity contribution in [3.63, 3.8) is 0 Å². The molecule has 1 amide bonds. The summed E-state index contributed by atoms with van der Waals surface area (Å²) in [6.45, 7) is 4.04. The topological polar surface area (TPSA) is 57.3 Å². The minimum absolute atomic E-state index is 0.109. The molecule has 2 aromatic carbocycles. The molecule has 0 aromatic heterocycles. The van der Waals surface area contributed by atoms with E-state index in [0.29, 0.717) is 17.7 Å². The lowest BCUT2D eigenvalue weighted by molar-refractivity contribution is -0.901. The van der Waals surface area contributed by atoms with Crippen LogP contribution in [0.1, 0.15) is 39.9 Å². The van der Waals surface area contributed by atoms with E-state index in [2.05, 4.69) is 29.6 Å². The maximum Gasteiger partial charge on any atom is 0.251 e. The first kappa shape index (κ1) is 16.2. The highest BCUT2D eigenvalue weighted by Crippen LogP contribution is 2.09. The first-order valence-corrected chi connectivity index (χ1v) is 8.45. The minimum Gasteiger partial charge on any atom is -0.348 e. The quantitative estimate of drug-likeness (QED) is 0.880. The Morgan fingerprint density at radius 2 is 1.71 bits per heavy atom. The molecular formula is C20H22N3O+. The Bertz CT molecular complexity index is 740. The molecule has 4 nitrogen and oxygen atoms in total. The van der Waals surface area contributed by atoms with Gasteiger partial charge < -0.3 is 10.2 Å². The standard InChI is InChI=1S/C20H21N3O/c21-13-16-7-9-17(10-8-16)20(24)22-14-18-5-1-2-6-19(18)15-23-11-3-4-12-23/h1-2,5-10H,3-4,11-12,14-15H2,(H,22,24)/p+1. The first-order valence-electron chi connectivity index (χ1n) is 8.45. The Balaban J connectivity index is 1.63. The second-order valence-electron chi connectivity index (χ2n) is 6.27. The van der Waals surface area contributed by atoms with Gasteiger partial charge in [0.05, 0.1) is 24.7 Å².